The minimum atomic E-state index is -0.387. The molecule has 0 aliphatic carbocycles. The number of hydrogen-bond acceptors (Lipinski definition) is 4. The van der Waals surface area contributed by atoms with E-state index < -0.39 is 0 Å². The van der Waals surface area contributed by atoms with E-state index in [1.807, 2.05) is 6.07 Å². The first-order valence-electron chi connectivity index (χ1n) is 5.49. The summed E-state index contributed by atoms with van der Waals surface area (Å²) in [7, 11) is 1.55. The standard InChI is InChI=1S/C14H11NO3S/c1-3-8-19-13-9-12(15(16)17)10-6-4-5-7-11(10)14(13)18-2/h1,4-7,9H,8H2,2H3. The molecule has 0 saturated carbocycles. The van der Waals surface area contributed by atoms with Gasteiger partial charge in [-0.25, -0.2) is 0 Å². The molecule has 0 atom stereocenters. The number of methoxy groups -OCH3 is 1. The number of thioether (sulfide) groups is 1. The third-order valence-corrected chi connectivity index (χ3v) is 3.58. The predicted molar refractivity (Wildman–Crippen MR) is 76.7 cm³/mol. The van der Waals surface area contributed by atoms with E-state index >= 15 is 0 Å². The van der Waals surface area contributed by atoms with Crippen LogP contribution in [0.5, 0.6) is 5.75 Å². The Morgan fingerprint density at radius 2 is 2.11 bits per heavy atom. The number of nitro benzene ring substituents is 1. The van der Waals surface area contributed by atoms with Gasteiger partial charge in [0.15, 0.2) is 0 Å². The van der Waals surface area contributed by atoms with Crippen LogP contribution >= 0.6 is 11.8 Å². The summed E-state index contributed by atoms with van der Waals surface area (Å²) in [6, 6.07) is 8.63. The zero-order valence-electron chi connectivity index (χ0n) is 10.3. The van der Waals surface area contributed by atoms with E-state index in [-0.39, 0.29) is 10.6 Å². The lowest BCUT2D eigenvalue weighted by Gasteiger charge is -2.11. The number of hydrogen-bond donors (Lipinski definition) is 0. The van der Waals surface area contributed by atoms with E-state index in [1.165, 1.54) is 17.8 Å². The number of nitrogens with zero attached hydrogens (tertiary/aromatic N) is 1. The van der Waals surface area contributed by atoms with E-state index in [2.05, 4.69) is 5.92 Å². The summed E-state index contributed by atoms with van der Waals surface area (Å²) >= 11 is 1.35. The molecule has 0 aliphatic rings. The fraction of sp³-hybridized carbons (Fsp3) is 0.143. The maximum atomic E-state index is 11.2. The highest BCUT2D eigenvalue weighted by atomic mass is 32.2. The van der Waals surface area contributed by atoms with E-state index in [0.717, 1.165) is 5.39 Å². The molecule has 0 saturated heterocycles. The SMILES string of the molecule is C#CCSc1cc([N+](=O)[O-])c2ccccc2c1OC. The number of non-ortho nitro benzene ring substituents is 1. The zero-order valence-corrected chi connectivity index (χ0v) is 11.1. The van der Waals surface area contributed by atoms with Crippen molar-refractivity contribution < 1.29 is 9.66 Å². The van der Waals surface area contributed by atoms with Crippen LogP contribution < -0.4 is 4.74 Å². The van der Waals surface area contributed by atoms with Crippen molar-refractivity contribution in [3.8, 4) is 18.1 Å². The summed E-state index contributed by atoms with van der Waals surface area (Å²) in [4.78, 5) is 11.5. The topological polar surface area (TPSA) is 52.4 Å². The van der Waals surface area contributed by atoms with Crippen LogP contribution in [-0.4, -0.2) is 17.8 Å². The normalized spacial score (nSPS) is 10.1. The lowest BCUT2D eigenvalue weighted by Crippen LogP contribution is -1.95. The molecule has 0 spiro atoms. The average molecular weight is 273 g/mol. The first kappa shape index (κ1) is 13.2. The van der Waals surface area contributed by atoms with Crippen molar-refractivity contribution in [3.63, 3.8) is 0 Å². The molecule has 0 aliphatic heterocycles. The molecule has 0 aromatic heterocycles. The summed E-state index contributed by atoms with van der Waals surface area (Å²) in [5.41, 5.74) is 0.0657. The van der Waals surface area contributed by atoms with Crippen molar-refractivity contribution in [2.45, 2.75) is 4.90 Å². The molecular formula is C14H11NO3S. The van der Waals surface area contributed by atoms with Gasteiger partial charge in [0.1, 0.15) is 5.75 Å². The predicted octanol–water partition coefficient (Wildman–Crippen LogP) is 3.48. The zero-order chi connectivity index (χ0) is 13.8. The average Bonchev–Trinajstić information content (AvgIpc) is 2.43. The highest BCUT2D eigenvalue weighted by molar-refractivity contribution is 7.99. The molecule has 2 aromatic rings. The Labute approximate surface area is 114 Å². The van der Waals surface area contributed by atoms with Crippen molar-refractivity contribution in [2.75, 3.05) is 12.9 Å². The molecule has 5 heteroatoms. The van der Waals surface area contributed by atoms with Gasteiger partial charge < -0.3 is 4.74 Å². The number of benzene rings is 2. The van der Waals surface area contributed by atoms with Gasteiger partial charge >= 0.3 is 0 Å². The lowest BCUT2D eigenvalue weighted by molar-refractivity contribution is -0.383. The summed E-state index contributed by atoms with van der Waals surface area (Å²) in [6.07, 6.45) is 5.23. The van der Waals surface area contributed by atoms with Gasteiger partial charge in [-0.15, -0.1) is 18.2 Å². The molecule has 0 heterocycles. The fourth-order valence-corrected chi connectivity index (χ4v) is 2.65. The van der Waals surface area contributed by atoms with Crippen LogP contribution in [0, 0.1) is 22.5 Å². The summed E-state index contributed by atoms with van der Waals surface area (Å²) < 4.78 is 5.38. The molecule has 19 heavy (non-hydrogen) atoms. The van der Waals surface area contributed by atoms with Gasteiger partial charge in [-0.2, -0.15) is 0 Å². The van der Waals surface area contributed by atoms with Crippen LogP contribution in [-0.2, 0) is 0 Å². The Kier molecular flexibility index (Phi) is 3.93. The minimum Gasteiger partial charge on any atom is -0.495 e. The summed E-state index contributed by atoms with van der Waals surface area (Å²) in [5, 5.41) is 12.4. The second-order valence-electron chi connectivity index (χ2n) is 3.72. The van der Waals surface area contributed by atoms with Gasteiger partial charge in [0.05, 0.1) is 28.1 Å². The van der Waals surface area contributed by atoms with Crippen LogP contribution in [0.25, 0.3) is 10.8 Å². The number of fused-ring (bicyclic) bond motifs is 1. The first-order chi connectivity index (χ1) is 9.19. The van der Waals surface area contributed by atoms with Crippen molar-refractivity contribution in [1.82, 2.24) is 0 Å². The van der Waals surface area contributed by atoms with Crippen LogP contribution in [0.1, 0.15) is 0 Å². The molecule has 0 radical (unpaired) electrons. The summed E-state index contributed by atoms with van der Waals surface area (Å²) in [6.45, 7) is 0. The molecule has 0 fully saturated rings. The van der Waals surface area contributed by atoms with Gasteiger partial charge in [-0.1, -0.05) is 24.1 Å². The molecule has 0 N–H and O–H groups in total. The van der Waals surface area contributed by atoms with E-state index in [4.69, 9.17) is 11.2 Å². The maximum Gasteiger partial charge on any atom is 0.278 e. The molecule has 2 rings (SSSR count). The first-order valence-corrected chi connectivity index (χ1v) is 6.48. The number of terminal acetylenes is 1. The largest absolute Gasteiger partial charge is 0.495 e. The molecule has 0 unspecified atom stereocenters. The molecular weight excluding hydrogens is 262 g/mol. The number of nitro groups is 1. The van der Waals surface area contributed by atoms with Gasteiger partial charge in [0.25, 0.3) is 5.69 Å². The van der Waals surface area contributed by atoms with Gasteiger partial charge in [0, 0.05) is 11.5 Å². The molecule has 2 aromatic carbocycles. The Hall–Kier alpha value is -2.19. The monoisotopic (exact) mass is 273 g/mol. The van der Waals surface area contributed by atoms with Gasteiger partial charge in [-0.3, -0.25) is 10.1 Å². The highest BCUT2D eigenvalue weighted by Crippen LogP contribution is 2.41. The van der Waals surface area contributed by atoms with E-state index in [0.29, 0.717) is 21.8 Å². The van der Waals surface area contributed by atoms with Crippen LogP contribution in [0.15, 0.2) is 35.2 Å². The Bertz CT molecular complexity index is 676. The smallest absolute Gasteiger partial charge is 0.278 e. The van der Waals surface area contributed by atoms with Crippen molar-refractivity contribution in [1.29, 1.82) is 0 Å². The second kappa shape index (κ2) is 5.63. The lowest BCUT2D eigenvalue weighted by atomic mass is 10.1. The second-order valence-corrected chi connectivity index (χ2v) is 4.74. The highest BCUT2D eigenvalue weighted by Gasteiger charge is 2.19. The van der Waals surface area contributed by atoms with Crippen molar-refractivity contribution in [2.24, 2.45) is 0 Å². The Morgan fingerprint density at radius 1 is 1.42 bits per heavy atom. The molecule has 0 amide bonds. The number of ether oxygens (including phenoxy) is 1. The van der Waals surface area contributed by atoms with Crippen LogP contribution in [0.2, 0.25) is 0 Å². The van der Waals surface area contributed by atoms with Gasteiger partial charge in [-0.05, 0) is 6.07 Å². The maximum absolute atomic E-state index is 11.2. The van der Waals surface area contributed by atoms with Gasteiger partial charge in [0.2, 0.25) is 0 Å². The van der Waals surface area contributed by atoms with E-state index in [1.54, 1.807) is 25.3 Å². The number of rotatable bonds is 4. The van der Waals surface area contributed by atoms with E-state index in [9.17, 15) is 10.1 Å². The quantitative estimate of drug-likeness (QED) is 0.370. The summed E-state index contributed by atoms with van der Waals surface area (Å²) in [5.74, 6) is 3.56. The van der Waals surface area contributed by atoms with Crippen molar-refractivity contribution in [3.05, 3.63) is 40.4 Å². The molecule has 96 valence electrons. The minimum absolute atomic E-state index is 0.0657. The molecule has 0 bridgehead atoms. The Morgan fingerprint density at radius 3 is 2.68 bits per heavy atom. The van der Waals surface area contributed by atoms with Crippen molar-refractivity contribution >= 4 is 28.2 Å². The van der Waals surface area contributed by atoms with Crippen LogP contribution in [0.3, 0.4) is 0 Å². The third kappa shape index (κ3) is 2.49. The molecule has 4 nitrogen and oxygen atoms in total. The fourth-order valence-electron chi connectivity index (χ4n) is 1.89. The Balaban J connectivity index is 2.75. The third-order valence-electron chi connectivity index (χ3n) is 2.65. The van der Waals surface area contributed by atoms with Crippen LogP contribution in [0.4, 0.5) is 5.69 Å².